The van der Waals surface area contributed by atoms with Crippen molar-refractivity contribution in [2.24, 2.45) is 0 Å². The van der Waals surface area contributed by atoms with E-state index in [2.05, 4.69) is 4.98 Å². The number of hydrogen-bond acceptors (Lipinski definition) is 1. The zero-order valence-corrected chi connectivity index (χ0v) is 7.46. The van der Waals surface area contributed by atoms with Gasteiger partial charge in [0.1, 0.15) is 5.69 Å². The van der Waals surface area contributed by atoms with Crippen LogP contribution in [0.1, 0.15) is 5.69 Å². The Morgan fingerprint density at radius 3 is 2.45 bits per heavy atom. The standard InChI is InChI=1S/C6H3Cl3FN/c7-4-2-1-3-11-5(4)6(8,9)10/h1-3H. The van der Waals surface area contributed by atoms with Gasteiger partial charge in [-0.2, -0.15) is 0 Å². The molecule has 1 rings (SSSR count). The molecule has 0 unspecified atom stereocenters. The van der Waals surface area contributed by atoms with E-state index in [-0.39, 0.29) is 10.7 Å². The molecule has 11 heavy (non-hydrogen) atoms. The van der Waals surface area contributed by atoms with Gasteiger partial charge in [-0.3, -0.25) is 4.98 Å². The van der Waals surface area contributed by atoms with Gasteiger partial charge in [0.25, 0.3) is 0 Å². The summed E-state index contributed by atoms with van der Waals surface area (Å²) < 4.78 is 10.3. The summed E-state index contributed by atoms with van der Waals surface area (Å²) in [5.74, 6) is 0. The van der Waals surface area contributed by atoms with Gasteiger partial charge >= 0.3 is 4.59 Å². The highest BCUT2D eigenvalue weighted by atomic mass is 35.5. The molecule has 0 bridgehead atoms. The molecule has 0 aliphatic carbocycles. The summed E-state index contributed by atoms with van der Waals surface area (Å²) in [6.07, 6.45) is 1.36. The Morgan fingerprint density at radius 1 is 1.45 bits per heavy atom. The van der Waals surface area contributed by atoms with Crippen LogP contribution in [0.15, 0.2) is 18.3 Å². The highest BCUT2D eigenvalue weighted by molar-refractivity contribution is 6.47. The molecule has 0 aliphatic heterocycles. The first-order valence-corrected chi connectivity index (χ1v) is 3.83. The Labute approximate surface area is 78.1 Å². The molecule has 0 saturated heterocycles. The second-order valence-corrected chi connectivity index (χ2v) is 3.47. The van der Waals surface area contributed by atoms with Crippen LogP contribution in [0, 0.1) is 0 Å². The number of aromatic nitrogens is 1. The van der Waals surface area contributed by atoms with Crippen molar-refractivity contribution >= 4 is 34.8 Å². The van der Waals surface area contributed by atoms with Crippen LogP contribution in [0.5, 0.6) is 0 Å². The molecule has 60 valence electrons. The molecule has 1 aromatic heterocycles. The van der Waals surface area contributed by atoms with Crippen LogP contribution in [-0.2, 0) is 4.59 Å². The van der Waals surface area contributed by atoms with Crippen LogP contribution < -0.4 is 0 Å². The van der Waals surface area contributed by atoms with Crippen molar-refractivity contribution in [1.82, 2.24) is 4.98 Å². The van der Waals surface area contributed by atoms with Crippen molar-refractivity contribution in [2.75, 3.05) is 0 Å². The normalized spacial score (nSPS) is 11.6. The van der Waals surface area contributed by atoms with E-state index in [0.717, 1.165) is 0 Å². The Balaban J connectivity index is 3.14. The number of pyridine rings is 1. The lowest BCUT2D eigenvalue weighted by molar-refractivity contribution is 0.396. The zero-order chi connectivity index (χ0) is 8.48. The fourth-order valence-electron chi connectivity index (χ4n) is 0.594. The molecule has 0 spiro atoms. The van der Waals surface area contributed by atoms with Gasteiger partial charge in [-0.05, 0) is 12.1 Å². The molecule has 1 heterocycles. The summed E-state index contributed by atoms with van der Waals surface area (Å²) in [5.41, 5.74) is -0.176. The number of nitrogens with zero attached hydrogens (tertiary/aromatic N) is 1. The van der Waals surface area contributed by atoms with Crippen LogP contribution >= 0.6 is 34.8 Å². The van der Waals surface area contributed by atoms with Gasteiger partial charge in [-0.25, -0.2) is 4.39 Å². The van der Waals surface area contributed by atoms with Gasteiger partial charge in [0.2, 0.25) is 0 Å². The van der Waals surface area contributed by atoms with Crippen molar-refractivity contribution in [2.45, 2.75) is 4.59 Å². The van der Waals surface area contributed by atoms with E-state index < -0.39 is 4.59 Å². The predicted molar refractivity (Wildman–Crippen MR) is 43.7 cm³/mol. The summed E-state index contributed by atoms with van der Waals surface area (Å²) >= 11 is 15.8. The van der Waals surface area contributed by atoms with Crippen molar-refractivity contribution in [3.05, 3.63) is 29.0 Å². The molecule has 1 aromatic rings. The Kier molecular flexibility index (Phi) is 2.58. The highest BCUT2D eigenvalue weighted by Gasteiger charge is 2.29. The maximum Gasteiger partial charge on any atom is 0.301 e. The van der Waals surface area contributed by atoms with Crippen molar-refractivity contribution < 1.29 is 4.39 Å². The quantitative estimate of drug-likeness (QED) is 0.654. The minimum Gasteiger partial charge on any atom is -0.254 e. The largest absolute Gasteiger partial charge is 0.301 e. The summed E-state index contributed by atoms with van der Waals surface area (Å²) in [5, 5.41) is 0.111. The maximum absolute atomic E-state index is 12.8. The maximum atomic E-state index is 12.8. The average Bonchev–Trinajstić information content (AvgIpc) is 1.86. The smallest absolute Gasteiger partial charge is 0.254 e. The van der Waals surface area contributed by atoms with E-state index in [9.17, 15) is 4.39 Å². The van der Waals surface area contributed by atoms with Gasteiger partial charge in [0.15, 0.2) is 0 Å². The van der Waals surface area contributed by atoms with Crippen molar-refractivity contribution in [3.63, 3.8) is 0 Å². The molecular weight excluding hydrogens is 211 g/mol. The van der Waals surface area contributed by atoms with Crippen LogP contribution in [0.3, 0.4) is 0 Å². The molecule has 0 amide bonds. The fourth-order valence-corrected chi connectivity index (χ4v) is 1.24. The molecule has 0 radical (unpaired) electrons. The third kappa shape index (κ3) is 2.19. The first-order valence-electron chi connectivity index (χ1n) is 2.69. The van der Waals surface area contributed by atoms with E-state index in [1.165, 1.54) is 12.3 Å². The molecule has 0 aliphatic rings. The highest BCUT2D eigenvalue weighted by Crippen LogP contribution is 2.37. The minimum absolute atomic E-state index is 0.111. The monoisotopic (exact) mass is 213 g/mol. The Bertz CT molecular complexity index is 258. The molecule has 0 atom stereocenters. The first-order chi connectivity index (χ1) is 5.02. The third-order valence-corrected chi connectivity index (χ3v) is 1.69. The Morgan fingerprint density at radius 2 is 2.09 bits per heavy atom. The minimum atomic E-state index is -2.52. The van der Waals surface area contributed by atoms with Gasteiger partial charge < -0.3 is 0 Å². The van der Waals surface area contributed by atoms with Gasteiger partial charge in [-0.1, -0.05) is 34.8 Å². The summed E-state index contributed by atoms with van der Waals surface area (Å²) in [7, 11) is 0. The number of hydrogen-bond donors (Lipinski definition) is 0. The lowest BCUT2D eigenvalue weighted by atomic mass is 10.4. The molecule has 0 N–H and O–H groups in total. The van der Waals surface area contributed by atoms with E-state index >= 15 is 0 Å². The predicted octanol–water partition coefficient (Wildman–Crippen LogP) is 3.29. The molecule has 5 heteroatoms. The van der Waals surface area contributed by atoms with E-state index in [0.29, 0.717) is 0 Å². The van der Waals surface area contributed by atoms with E-state index in [1.807, 2.05) is 0 Å². The van der Waals surface area contributed by atoms with Gasteiger partial charge in [-0.15, -0.1) is 0 Å². The van der Waals surface area contributed by atoms with Crippen LogP contribution in [0.2, 0.25) is 5.02 Å². The lowest BCUT2D eigenvalue weighted by Crippen LogP contribution is -2.04. The Hall–Kier alpha value is -0.0500. The van der Waals surface area contributed by atoms with Crippen molar-refractivity contribution in [3.8, 4) is 0 Å². The number of halogens is 4. The zero-order valence-electron chi connectivity index (χ0n) is 5.19. The summed E-state index contributed by atoms with van der Waals surface area (Å²) in [6.45, 7) is 0. The van der Waals surface area contributed by atoms with Gasteiger partial charge in [0, 0.05) is 6.20 Å². The molecular formula is C6H3Cl3FN. The van der Waals surface area contributed by atoms with Crippen LogP contribution in [-0.4, -0.2) is 4.98 Å². The van der Waals surface area contributed by atoms with Crippen LogP contribution in [0.4, 0.5) is 4.39 Å². The number of rotatable bonds is 1. The van der Waals surface area contributed by atoms with Gasteiger partial charge in [0.05, 0.1) is 5.02 Å². The van der Waals surface area contributed by atoms with E-state index in [4.69, 9.17) is 34.8 Å². The second-order valence-electron chi connectivity index (χ2n) is 1.83. The van der Waals surface area contributed by atoms with Crippen molar-refractivity contribution in [1.29, 1.82) is 0 Å². The fraction of sp³-hybridized carbons (Fsp3) is 0.167. The average molecular weight is 214 g/mol. The summed E-state index contributed by atoms with van der Waals surface area (Å²) in [4.78, 5) is 3.58. The third-order valence-electron chi connectivity index (χ3n) is 1.03. The SMILES string of the molecule is FC(Cl)(Cl)c1ncccc1Cl. The van der Waals surface area contributed by atoms with Crippen LogP contribution in [0.25, 0.3) is 0 Å². The number of alkyl halides is 3. The lowest BCUT2D eigenvalue weighted by Gasteiger charge is -2.08. The first kappa shape index (κ1) is 9.04. The molecule has 1 nitrogen and oxygen atoms in total. The molecule has 0 aromatic carbocycles. The molecule has 0 saturated carbocycles. The summed E-state index contributed by atoms with van der Waals surface area (Å²) in [6, 6.07) is 3.02. The van der Waals surface area contributed by atoms with E-state index in [1.54, 1.807) is 6.07 Å². The molecule has 0 fully saturated rings. The topological polar surface area (TPSA) is 12.9 Å². The second kappa shape index (κ2) is 3.13.